The van der Waals surface area contributed by atoms with Crippen molar-refractivity contribution in [3.63, 3.8) is 0 Å². The number of amides is 1. The van der Waals surface area contributed by atoms with E-state index in [1.54, 1.807) is 17.0 Å². The zero-order valence-corrected chi connectivity index (χ0v) is 20.2. The van der Waals surface area contributed by atoms with E-state index in [4.69, 9.17) is 20.8 Å². The van der Waals surface area contributed by atoms with Crippen LogP contribution in [0.1, 0.15) is 79.2 Å². The second-order valence-electron chi connectivity index (χ2n) is 8.65. The summed E-state index contributed by atoms with van der Waals surface area (Å²) >= 11 is 6.31. The normalized spacial score (nSPS) is 15.3. The van der Waals surface area contributed by atoms with E-state index in [0.29, 0.717) is 34.7 Å². The molecule has 0 fully saturated rings. The lowest BCUT2D eigenvalue weighted by Crippen LogP contribution is -2.30. The SMILES string of the molecule is CCCCCOc1cccc(C2c3c(oc4cc(C)c(Cl)cc4c3=O)C(=O)N2CCCC)c1. The molecule has 2 heterocycles. The van der Waals surface area contributed by atoms with Crippen LogP contribution in [0.15, 0.2) is 45.6 Å². The van der Waals surface area contributed by atoms with Gasteiger partial charge in [-0.2, -0.15) is 0 Å². The van der Waals surface area contributed by atoms with Gasteiger partial charge in [-0.25, -0.2) is 0 Å². The lowest BCUT2D eigenvalue weighted by atomic mass is 9.98. The number of aryl methyl sites for hydroxylation is 1. The van der Waals surface area contributed by atoms with Gasteiger partial charge < -0.3 is 14.1 Å². The molecule has 174 valence electrons. The van der Waals surface area contributed by atoms with Crippen molar-refractivity contribution in [2.75, 3.05) is 13.2 Å². The maximum atomic E-state index is 13.6. The zero-order chi connectivity index (χ0) is 23.5. The second kappa shape index (κ2) is 10.0. The fourth-order valence-corrected chi connectivity index (χ4v) is 4.53. The molecular formula is C27H30ClNO4. The Morgan fingerprint density at radius 2 is 1.85 bits per heavy atom. The van der Waals surface area contributed by atoms with Gasteiger partial charge in [-0.3, -0.25) is 9.59 Å². The molecule has 0 aliphatic carbocycles. The molecule has 1 unspecified atom stereocenters. The number of unbranched alkanes of at least 4 members (excludes halogenated alkanes) is 3. The fourth-order valence-electron chi connectivity index (χ4n) is 4.36. The molecule has 0 N–H and O–H groups in total. The molecule has 0 saturated carbocycles. The van der Waals surface area contributed by atoms with Crippen LogP contribution in [0.25, 0.3) is 11.0 Å². The van der Waals surface area contributed by atoms with E-state index in [-0.39, 0.29) is 17.1 Å². The fraction of sp³-hybridized carbons (Fsp3) is 0.407. The molecule has 1 amide bonds. The van der Waals surface area contributed by atoms with Gasteiger partial charge in [0.05, 0.1) is 23.6 Å². The first-order valence-electron chi connectivity index (χ1n) is 11.8. The average molecular weight is 468 g/mol. The molecule has 1 atom stereocenters. The highest BCUT2D eigenvalue weighted by Gasteiger charge is 2.42. The Kier molecular flexibility index (Phi) is 7.08. The molecule has 1 aliphatic heterocycles. The van der Waals surface area contributed by atoms with Crippen molar-refractivity contribution < 1.29 is 13.9 Å². The van der Waals surface area contributed by atoms with Crippen LogP contribution in [-0.2, 0) is 0 Å². The van der Waals surface area contributed by atoms with Crippen molar-refractivity contribution in [3.8, 4) is 5.75 Å². The molecule has 33 heavy (non-hydrogen) atoms. The predicted molar refractivity (Wildman–Crippen MR) is 131 cm³/mol. The van der Waals surface area contributed by atoms with Crippen molar-refractivity contribution in [1.82, 2.24) is 4.90 Å². The summed E-state index contributed by atoms with van der Waals surface area (Å²) in [6.07, 6.45) is 5.01. The topological polar surface area (TPSA) is 59.8 Å². The van der Waals surface area contributed by atoms with Crippen LogP contribution in [0.2, 0.25) is 5.02 Å². The summed E-state index contributed by atoms with van der Waals surface area (Å²) in [7, 11) is 0. The number of nitrogens with zero attached hydrogens (tertiary/aromatic N) is 1. The largest absolute Gasteiger partial charge is 0.494 e. The summed E-state index contributed by atoms with van der Waals surface area (Å²) in [5.41, 5.74) is 2.20. The van der Waals surface area contributed by atoms with Crippen LogP contribution in [-0.4, -0.2) is 24.0 Å². The Hall–Kier alpha value is -2.79. The Balaban J connectivity index is 1.82. The summed E-state index contributed by atoms with van der Waals surface area (Å²) in [5, 5.41) is 0.896. The minimum absolute atomic E-state index is 0.129. The number of rotatable bonds is 9. The molecule has 6 heteroatoms. The molecule has 4 rings (SSSR count). The number of hydrogen-bond donors (Lipinski definition) is 0. The number of hydrogen-bond acceptors (Lipinski definition) is 4. The van der Waals surface area contributed by atoms with Gasteiger partial charge >= 0.3 is 0 Å². The highest BCUT2D eigenvalue weighted by molar-refractivity contribution is 6.32. The van der Waals surface area contributed by atoms with Gasteiger partial charge in [0.25, 0.3) is 5.91 Å². The molecule has 3 aromatic rings. The molecule has 2 aromatic carbocycles. The predicted octanol–water partition coefficient (Wildman–Crippen LogP) is 6.67. The third kappa shape index (κ3) is 4.51. The maximum absolute atomic E-state index is 13.6. The molecule has 5 nitrogen and oxygen atoms in total. The number of halogens is 1. The number of fused-ring (bicyclic) bond motifs is 2. The van der Waals surface area contributed by atoms with Crippen LogP contribution in [0, 0.1) is 6.92 Å². The van der Waals surface area contributed by atoms with Gasteiger partial charge in [-0.05, 0) is 55.2 Å². The summed E-state index contributed by atoms with van der Waals surface area (Å²) in [4.78, 5) is 28.8. The monoisotopic (exact) mass is 467 g/mol. The third-order valence-corrected chi connectivity index (χ3v) is 6.60. The maximum Gasteiger partial charge on any atom is 0.290 e. The first-order valence-corrected chi connectivity index (χ1v) is 12.1. The first-order chi connectivity index (χ1) is 16.0. The van der Waals surface area contributed by atoms with E-state index in [1.165, 1.54) is 0 Å². The standard InChI is InChI=1S/C27H30ClNO4/c1-4-6-8-13-32-19-11-9-10-18(15-19)24-23-25(30)20-16-21(28)17(3)14-22(20)33-26(23)27(31)29(24)12-7-5-2/h9-11,14-16,24H,4-8,12-13H2,1-3H3. The van der Waals surface area contributed by atoms with E-state index in [9.17, 15) is 9.59 Å². The second-order valence-corrected chi connectivity index (χ2v) is 9.06. The first kappa shape index (κ1) is 23.4. The minimum atomic E-state index is -0.515. The molecular weight excluding hydrogens is 438 g/mol. The van der Waals surface area contributed by atoms with Crippen molar-refractivity contribution in [2.45, 2.75) is 58.9 Å². The molecule has 1 aliphatic rings. The van der Waals surface area contributed by atoms with E-state index >= 15 is 0 Å². The van der Waals surface area contributed by atoms with Crippen LogP contribution < -0.4 is 10.2 Å². The van der Waals surface area contributed by atoms with E-state index in [0.717, 1.165) is 49.0 Å². The summed E-state index contributed by atoms with van der Waals surface area (Å²) in [6, 6.07) is 10.5. The van der Waals surface area contributed by atoms with Crippen molar-refractivity contribution >= 4 is 28.5 Å². The Labute approximate surface area is 199 Å². The lowest BCUT2D eigenvalue weighted by Gasteiger charge is -2.25. The summed E-state index contributed by atoms with van der Waals surface area (Å²) in [6.45, 7) is 7.27. The van der Waals surface area contributed by atoms with Gasteiger partial charge in [0.15, 0.2) is 5.43 Å². The number of ether oxygens (including phenoxy) is 1. The van der Waals surface area contributed by atoms with Crippen molar-refractivity contribution in [1.29, 1.82) is 0 Å². The molecule has 0 spiro atoms. The number of carbonyl (C=O) groups is 1. The third-order valence-electron chi connectivity index (χ3n) is 6.19. The average Bonchev–Trinajstić information content (AvgIpc) is 3.09. The molecule has 0 radical (unpaired) electrons. The van der Waals surface area contributed by atoms with Crippen molar-refractivity contribution in [3.05, 3.63) is 74.1 Å². The molecule has 0 bridgehead atoms. The highest BCUT2D eigenvalue weighted by atomic mass is 35.5. The molecule has 0 saturated heterocycles. The van der Waals surface area contributed by atoms with Crippen LogP contribution >= 0.6 is 11.6 Å². The van der Waals surface area contributed by atoms with Gasteiger partial charge in [-0.15, -0.1) is 0 Å². The van der Waals surface area contributed by atoms with Crippen molar-refractivity contribution in [2.24, 2.45) is 0 Å². The van der Waals surface area contributed by atoms with Gasteiger partial charge in [0.2, 0.25) is 5.76 Å². The number of benzene rings is 2. The lowest BCUT2D eigenvalue weighted by molar-refractivity contribution is 0.0725. The minimum Gasteiger partial charge on any atom is -0.494 e. The van der Waals surface area contributed by atoms with E-state index < -0.39 is 6.04 Å². The van der Waals surface area contributed by atoms with E-state index in [2.05, 4.69) is 13.8 Å². The summed E-state index contributed by atoms with van der Waals surface area (Å²) in [5.74, 6) is 0.623. The van der Waals surface area contributed by atoms with Gasteiger partial charge in [0, 0.05) is 11.6 Å². The Morgan fingerprint density at radius 3 is 2.61 bits per heavy atom. The van der Waals surface area contributed by atoms with Crippen LogP contribution in [0.3, 0.4) is 0 Å². The summed E-state index contributed by atoms with van der Waals surface area (Å²) < 4.78 is 12.0. The van der Waals surface area contributed by atoms with Crippen LogP contribution in [0.4, 0.5) is 0 Å². The van der Waals surface area contributed by atoms with E-state index in [1.807, 2.05) is 31.2 Å². The van der Waals surface area contributed by atoms with Crippen LogP contribution in [0.5, 0.6) is 5.75 Å². The Morgan fingerprint density at radius 1 is 1.06 bits per heavy atom. The number of carbonyl (C=O) groups excluding carboxylic acids is 1. The highest BCUT2D eigenvalue weighted by Crippen LogP contribution is 2.39. The van der Waals surface area contributed by atoms with Gasteiger partial charge in [-0.1, -0.05) is 56.8 Å². The zero-order valence-electron chi connectivity index (χ0n) is 19.4. The van der Waals surface area contributed by atoms with Gasteiger partial charge in [0.1, 0.15) is 11.3 Å². The Bertz CT molecular complexity index is 1230. The smallest absolute Gasteiger partial charge is 0.290 e. The molecule has 1 aromatic heterocycles. The quantitative estimate of drug-likeness (QED) is 0.330.